The van der Waals surface area contributed by atoms with Gasteiger partial charge in [-0.15, -0.1) is 0 Å². The average Bonchev–Trinajstić information content (AvgIpc) is 1.81. The second-order valence-corrected chi connectivity index (χ2v) is 3.60. The third-order valence-corrected chi connectivity index (χ3v) is 2.64. The fourth-order valence-electron chi connectivity index (χ4n) is 1.66. The molecule has 3 heteroatoms. The molecule has 64 valence electrons. The van der Waals surface area contributed by atoms with Gasteiger partial charge in [-0.25, -0.2) is 0 Å². The molecule has 0 unspecified atom stereocenters. The van der Waals surface area contributed by atoms with Gasteiger partial charge in [0.15, 0.2) is 0 Å². The highest BCUT2D eigenvalue weighted by Crippen LogP contribution is 2.14. The highest BCUT2D eigenvalue weighted by Gasteiger charge is 2.29. The van der Waals surface area contributed by atoms with Crippen LogP contribution in [-0.2, 0) is 4.74 Å². The Morgan fingerprint density at radius 2 is 2.18 bits per heavy atom. The van der Waals surface area contributed by atoms with Crippen LogP contribution in [0.25, 0.3) is 0 Å². The van der Waals surface area contributed by atoms with E-state index >= 15 is 0 Å². The molecule has 0 aromatic carbocycles. The largest absolute Gasteiger partial charge is 0.379 e. The van der Waals surface area contributed by atoms with Crippen LogP contribution in [0.3, 0.4) is 0 Å². The van der Waals surface area contributed by atoms with Gasteiger partial charge in [0.25, 0.3) is 0 Å². The van der Waals surface area contributed by atoms with Crippen LogP contribution in [0, 0.1) is 5.92 Å². The molecule has 2 fully saturated rings. The zero-order chi connectivity index (χ0) is 7.68. The van der Waals surface area contributed by atoms with Crippen LogP contribution < -0.4 is 5.32 Å². The molecule has 2 aliphatic heterocycles. The summed E-state index contributed by atoms with van der Waals surface area (Å²) in [6, 6.07) is 0. The first-order valence-corrected chi connectivity index (χ1v) is 4.34. The van der Waals surface area contributed by atoms with E-state index in [1.54, 1.807) is 7.11 Å². The van der Waals surface area contributed by atoms with Gasteiger partial charge in [-0.1, -0.05) is 0 Å². The Labute approximate surface area is 67.7 Å². The smallest absolute Gasteiger partial charge is 0.0824 e. The maximum Gasteiger partial charge on any atom is 0.0824 e. The summed E-state index contributed by atoms with van der Waals surface area (Å²) >= 11 is 0. The van der Waals surface area contributed by atoms with E-state index in [-0.39, 0.29) is 0 Å². The van der Waals surface area contributed by atoms with Crippen LogP contribution in [0.2, 0.25) is 0 Å². The molecule has 0 aliphatic carbocycles. The van der Waals surface area contributed by atoms with Crippen molar-refractivity contribution in [3.8, 4) is 0 Å². The summed E-state index contributed by atoms with van der Waals surface area (Å²) < 4.78 is 5.19. The maximum atomic E-state index is 5.19. The van der Waals surface area contributed by atoms with Crippen molar-refractivity contribution in [3.63, 3.8) is 0 Å². The number of hydrogen-bond acceptors (Lipinski definition) is 3. The second kappa shape index (κ2) is 3.09. The van der Waals surface area contributed by atoms with Crippen molar-refractivity contribution in [2.75, 3.05) is 39.8 Å². The first-order valence-electron chi connectivity index (χ1n) is 4.34. The third kappa shape index (κ3) is 1.55. The van der Waals surface area contributed by atoms with E-state index in [9.17, 15) is 0 Å². The molecule has 1 N–H and O–H groups in total. The van der Waals surface area contributed by atoms with Crippen molar-refractivity contribution in [1.29, 1.82) is 0 Å². The number of methoxy groups -OCH3 is 1. The van der Waals surface area contributed by atoms with E-state index < -0.39 is 0 Å². The number of hydrogen-bond donors (Lipinski definition) is 1. The summed E-state index contributed by atoms with van der Waals surface area (Å²) in [7, 11) is 1.80. The SMILES string of the molecule is COC1CN(CC2CNC2)C1. The summed E-state index contributed by atoms with van der Waals surface area (Å²) in [4.78, 5) is 2.47. The second-order valence-electron chi connectivity index (χ2n) is 3.60. The van der Waals surface area contributed by atoms with Gasteiger partial charge in [-0.3, -0.25) is 4.90 Å². The van der Waals surface area contributed by atoms with Crippen LogP contribution in [0.5, 0.6) is 0 Å². The summed E-state index contributed by atoms with van der Waals surface area (Å²) in [6.07, 6.45) is 0.517. The first kappa shape index (κ1) is 7.53. The van der Waals surface area contributed by atoms with Gasteiger partial charge in [-0.05, 0) is 5.92 Å². The highest BCUT2D eigenvalue weighted by atomic mass is 16.5. The van der Waals surface area contributed by atoms with Gasteiger partial charge >= 0.3 is 0 Å². The molecule has 0 radical (unpaired) electrons. The number of rotatable bonds is 3. The standard InChI is InChI=1S/C8H16N2O/c1-11-8-5-10(6-8)4-7-2-9-3-7/h7-9H,2-6H2,1H3. The Bertz CT molecular complexity index is 130. The van der Waals surface area contributed by atoms with Crippen molar-refractivity contribution in [3.05, 3.63) is 0 Å². The predicted octanol–water partition coefficient (Wildman–Crippen LogP) is -0.464. The summed E-state index contributed by atoms with van der Waals surface area (Å²) in [5.74, 6) is 0.910. The van der Waals surface area contributed by atoms with Crippen molar-refractivity contribution < 1.29 is 4.74 Å². The molecule has 0 atom stereocenters. The Morgan fingerprint density at radius 1 is 1.45 bits per heavy atom. The molecular formula is C8H16N2O. The molecule has 0 amide bonds. The molecule has 0 aromatic rings. The van der Waals surface area contributed by atoms with Gasteiger partial charge < -0.3 is 10.1 Å². The molecule has 0 saturated carbocycles. The number of nitrogens with zero attached hydrogens (tertiary/aromatic N) is 1. The lowest BCUT2D eigenvalue weighted by atomic mass is 10.0. The molecule has 0 spiro atoms. The van der Waals surface area contributed by atoms with E-state index in [2.05, 4.69) is 10.2 Å². The predicted molar refractivity (Wildman–Crippen MR) is 43.6 cm³/mol. The van der Waals surface area contributed by atoms with Gasteiger partial charge in [0.1, 0.15) is 0 Å². The van der Waals surface area contributed by atoms with Crippen molar-refractivity contribution in [2.45, 2.75) is 6.10 Å². The lowest BCUT2D eigenvalue weighted by Crippen LogP contribution is -2.57. The molecule has 0 aromatic heterocycles. The minimum Gasteiger partial charge on any atom is -0.379 e. The van der Waals surface area contributed by atoms with E-state index in [1.165, 1.54) is 19.6 Å². The van der Waals surface area contributed by atoms with Crippen molar-refractivity contribution in [2.24, 2.45) is 5.92 Å². The first-order chi connectivity index (χ1) is 5.38. The van der Waals surface area contributed by atoms with E-state index in [0.717, 1.165) is 19.0 Å². The Balaban J connectivity index is 1.59. The summed E-state index contributed by atoms with van der Waals surface area (Å²) in [5, 5.41) is 3.28. The molecule has 2 saturated heterocycles. The number of ether oxygens (including phenoxy) is 1. The Hall–Kier alpha value is -0.120. The zero-order valence-corrected chi connectivity index (χ0v) is 7.05. The molecule has 2 heterocycles. The van der Waals surface area contributed by atoms with Crippen molar-refractivity contribution >= 4 is 0 Å². The highest BCUT2D eigenvalue weighted by molar-refractivity contribution is 4.85. The summed E-state index contributed by atoms with van der Waals surface area (Å²) in [5.41, 5.74) is 0. The lowest BCUT2D eigenvalue weighted by Gasteiger charge is -2.42. The topological polar surface area (TPSA) is 24.5 Å². The van der Waals surface area contributed by atoms with Crippen LogP contribution in [0.15, 0.2) is 0 Å². The van der Waals surface area contributed by atoms with Gasteiger partial charge in [0.2, 0.25) is 0 Å². The van der Waals surface area contributed by atoms with E-state index in [1.807, 2.05) is 0 Å². The molecule has 3 nitrogen and oxygen atoms in total. The maximum absolute atomic E-state index is 5.19. The fraction of sp³-hybridized carbons (Fsp3) is 1.00. The van der Waals surface area contributed by atoms with E-state index in [0.29, 0.717) is 6.10 Å². The normalized spacial score (nSPS) is 28.1. The zero-order valence-electron chi connectivity index (χ0n) is 7.05. The molecule has 2 aliphatic rings. The van der Waals surface area contributed by atoms with Gasteiger partial charge in [0.05, 0.1) is 6.10 Å². The quantitative estimate of drug-likeness (QED) is 0.598. The minimum absolute atomic E-state index is 0.517. The Morgan fingerprint density at radius 3 is 2.64 bits per heavy atom. The third-order valence-electron chi connectivity index (χ3n) is 2.64. The van der Waals surface area contributed by atoms with Crippen LogP contribution in [-0.4, -0.2) is 50.8 Å². The fourth-order valence-corrected chi connectivity index (χ4v) is 1.66. The summed E-state index contributed by atoms with van der Waals surface area (Å²) in [6.45, 7) is 6.00. The minimum atomic E-state index is 0.517. The average molecular weight is 156 g/mol. The Kier molecular flexibility index (Phi) is 2.11. The van der Waals surface area contributed by atoms with Crippen LogP contribution in [0.4, 0.5) is 0 Å². The number of nitrogens with one attached hydrogen (secondary N) is 1. The van der Waals surface area contributed by atoms with Gasteiger partial charge in [0, 0.05) is 39.8 Å². The van der Waals surface area contributed by atoms with Crippen LogP contribution in [0.1, 0.15) is 0 Å². The van der Waals surface area contributed by atoms with Crippen LogP contribution >= 0.6 is 0 Å². The lowest BCUT2D eigenvalue weighted by molar-refractivity contribution is -0.0387. The van der Waals surface area contributed by atoms with Crippen molar-refractivity contribution in [1.82, 2.24) is 10.2 Å². The van der Waals surface area contributed by atoms with Gasteiger partial charge in [-0.2, -0.15) is 0 Å². The molecule has 2 rings (SSSR count). The molecule has 0 bridgehead atoms. The molecule has 11 heavy (non-hydrogen) atoms. The van der Waals surface area contributed by atoms with E-state index in [4.69, 9.17) is 4.74 Å². The molecular weight excluding hydrogens is 140 g/mol. The monoisotopic (exact) mass is 156 g/mol. The number of likely N-dealkylation sites (tertiary alicyclic amines) is 1.